The molecule has 0 saturated carbocycles. The highest BCUT2D eigenvalue weighted by Gasteiger charge is 2.22. The van der Waals surface area contributed by atoms with Gasteiger partial charge < -0.3 is 10.8 Å². The second-order valence-electron chi connectivity index (χ2n) is 4.35. The highest BCUT2D eigenvalue weighted by Crippen LogP contribution is 2.25. The topological polar surface area (TPSA) is 94.0 Å². The number of aromatic nitrogens is 3. The molecule has 92 valence electrons. The first-order valence-electron chi connectivity index (χ1n) is 5.64. The number of nitrogens with zero attached hydrogens (tertiary/aromatic N) is 3. The van der Waals surface area contributed by atoms with Gasteiger partial charge in [0.1, 0.15) is 5.78 Å². The SMILES string of the molecule is Nc1nnn2c1CC(=O)Cc1ccc(CO)cc1-2. The lowest BCUT2D eigenvalue weighted by molar-refractivity contribution is -0.117. The summed E-state index contributed by atoms with van der Waals surface area (Å²) >= 11 is 0. The van der Waals surface area contributed by atoms with Gasteiger partial charge in [0.15, 0.2) is 5.82 Å². The molecule has 6 nitrogen and oxygen atoms in total. The number of anilines is 1. The van der Waals surface area contributed by atoms with Gasteiger partial charge in [-0.2, -0.15) is 0 Å². The molecule has 0 radical (unpaired) electrons. The van der Waals surface area contributed by atoms with E-state index in [1.54, 1.807) is 10.7 Å². The first-order valence-corrected chi connectivity index (χ1v) is 5.64. The van der Waals surface area contributed by atoms with Gasteiger partial charge in [-0.3, -0.25) is 4.79 Å². The molecule has 18 heavy (non-hydrogen) atoms. The lowest BCUT2D eigenvalue weighted by Gasteiger charge is -2.08. The monoisotopic (exact) mass is 244 g/mol. The molecule has 0 spiro atoms. The number of hydrogen-bond donors (Lipinski definition) is 2. The van der Waals surface area contributed by atoms with Crippen LogP contribution in [0.3, 0.4) is 0 Å². The van der Waals surface area contributed by atoms with Gasteiger partial charge in [0.2, 0.25) is 0 Å². The van der Waals surface area contributed by atoms with E-state index in [9.17, 15) is 9.90 Å². The van der Waals surface area contributed by atoms with Crippen molar-refractivity contribution in [2.75, 3.05) is 5.73 Å². The van der Waals surface area contributed by atoms with E-state index in [4.69, 9.17) is 5.73 Å². The van der Waals surface area contributed by atoms with Crippen LogP contribution in [-0.2, 0) is 24.2 Å². The third-order valence-corrected chi connectivity index (χ3v) is 3.11. The van der Waals surface area contributed by atoms with Crippen molar-refractivity contribution in [1.29, 1.82) is 0 Å². The lowest BCUT2D eigenvalue weighted by Crippen LogP contribution is -2.06. The molecule has 1 aromatic carbocycles. The van der Waals surface area contributed by atoms with E-state index in [2.05, 4.69) is 10.3 Å². The third kappa shape index (κ3) is 1.58. The number of aliphatic hydroxyl groups is 1. The molecule has 1 aromatic heterocycles. The van der Waals surface area contributed by atoms with E-state index in [0.717, 1.165) is 16.8 Å². The maximum absolute atomic E-state index is 11.8. The van der Waals surface area contributed by atoms with Crippen LogP contribution in [0, 0.1) is 0 Å². The van der Waals surface area contributed by atoms with Crippen LogP contribution in [0.15, 0.2) is 18.2 Å². The Balaban J connectivity index is 2.26. The molecule has 1 aliphatic rings. The third-order valence-electron chi connectivity index (χ3n) is 3.11. The average molecular weight is 244 g/mol. The minimum atomic E-state index is -0.0548. The number of nitrogens with two attached hydrogens (primary N) is 1. The van der Waals surface area contributed by atoms with Gasteiger partial charge in [-0.25, -0.2) is 4.68 Å². The maximum Gasteiger partial charge on any atom is 0.170 e. The van der Waals surface area contributed by atoms with Crippen LogP contribution < -0.4 is 5.73 Å². The van der Waals surface area contributed by atoms with E-state index in [1.807, 2.05) is 12.1 Å². The quantitative estimate of drug-likeness (QED) is 0.737. The summed E-state index contributed by atoms with van der Waals surface area (Å²) in [4.78, 5) is 11.8. The fraction of sp³-hybridized carbons (Fsp3) is 0.250. The second-order valence-corrected chi connectivity index (χ2v) is 4.35. The maximum atomic E-state index is 11.8. The zero-order chi connectivity index (χ0) is 12.7. The molecule has 3 rings (SSSR count). The number of aliphatic hydroxyl groups excluding tert-OH is 1. The van der Waals surface area contributed by atoms with Crippen LogP contribution in [0.1, 0.15) is 16.8 Å². The van der Waals surface area contributed by atoms with Gasteiger partial charge in [0.25, 0.3) is 0 Å². The summed E-state index contributed by atoms with van der Waals surface area (Å²) in [7, 11) is 0. The largest absolute Gasteiger partial charge is 0.392 e. The van der Waals surface area contributed by atoms with Crippen LogP contribution in [0.4, 0.5) is 5.82 Å². The Morgan fingerprint density at radius 2 is 2.22 bits per heavy atom. The predicted octanol–water partition coefficient (Wildman–Crippen LogP) is 0.00950. The van der Waals surface area contributed by atoms with Crippen LogP contribution in [0.2, 0.25) is 0 Å². The molecular weight excluding hydrogens is 232 g/mol. The molecule has 1 aliphatic heterocycles. The van der Waals surface area contributed by atoms with Gasteiger partial charge in [-0.05, 0) is 17.2 Å². The van der Waals surface area contributed by atoms with Crippen LogP contribution in [0.5, 0.6) is 0 Å². The van der Waals surface area contributed by atoms with Crippen LogP contribution in [-0.4, -0.2) is 25.9 Å². The lowest BCUT2D eigenvalue weighted by atomic mass is 10.0. The van der Waals surface area contributed by atoms with Crippen molar-refractivity contribution in [3.05, 3.63) is 35.0 Å². The molecule has 0 saturated heterocycles. The van der Waals surface area contributed by atoms with Crippen molar-refractivity contribution >= 4 is 11.6 Å². The Kier molecular flexibility index (Phi) is 2.38. The number of nitrogen functional groups attached to an aromatic ring is 1. The van der Waals surface area contributed by atoms with Gasteiger partial charge in [0.05, 0.1) is 24.4 Å². The van der Waals surface area contributed by atoms with E-state index in [1.165, 1.54) is 0 Å². The number of carbonyl (C=O) groups is 1. The molecule has 2 heterocycles. The van der Waals surface area contributed by atoms with E-state index < -0.39 is 0 Å². The summed E-state index contributed by atoms with van der Waals surface area (Å²) in [6.45, 7) is -0.0548. The van der Waals surface area contributed by atoms with Crippen molar-refractivity contribution in [2.24, 2.45) is 0 Å². The number of Topliss-reactive ketones (excluding diaryl/α,β-unsaturated/α-hetero) is 1. The van der Waals surface area contributed by atoms with Gasteiger partial charge in [0, 0.05) is 6.42 Å². The minimum absolute atomic E-state index is 0.0548. The summed E-state index contributed by atoms with van der Waals surface area (Å²) in [5, 5.41) is 17.0. The Labute approximate surface area is 103 Å². The zero-order valence-corrected chi connectivity index (χ0v) is 9.63. The van der Waals surface area contributed by atoms with Crippen molar-refractivity contribution < 1.29 is 9.90 Å². The highest BCUT2D eigenvalue weighted by atomic mass is 16.3. The molecule has 0 unspecified atom stereocenters. The summed E-state index contributed by atoms with van der Waals surface area (Å²) < 4.78 is 1.59. The molecule has 6 heteroatoms. The van der Waals surface area contributed by atoms with Crippen molar-refractivity contribution in [3.63, 3.8) is 0 Å². The van der Waals surface area contributed by atoms with Crippen molar-refractivity contribution in [1.82, 2.24) is 15.0 Å². The van der Waals surface area contributed by atoms with Crippen LogP contribution >= 0.6 is 0 Å². The predicted molar refractivity (Wildman–Crippen MR) is 64.1 cm³/mol. The van der Waals surface area contributed by atoms with Crippen molar-refractivity contribution in [3.8, 4) is 5.69 Å². The first-order chi connectivity index (χ1) is 8.69. The Morgan fingerprint density at radius 1 is 1.39 bits per heavy atom. The number of hydrogen-bond acceptors (Lipinski definition) is 5. The van der Waals surface area contributed by atoms with E-state index in [-0.39, 0.29) is 24.6 Å². The Morgan fingerprint density at radius 3 is 3.00 bits per heavy atom. The molecule has 0 amide bonds. The molecule has 2 aromatic rings. The van der Waals surface area contributed by atoms with E-state index >= 15 is 0 Å². The fourth-order valence-corrected chi connectivity index (χ4v) is 2.19. The number of rotatable bonds is 1. The summed E-state index contributed by atoms with van der Waals surface area (Å²) in [6, 6.07) is 5.45. The minimum Gasteiger partial charge on any atom is -0.392 e. The van der Waals surface area contributed by atoms with Gasteiger partial charge >= 0.3 is 0 Å². The Hall–Kier alpha value is -2.21. The summed E-state index contributed by atoms with van der Waals surface area (Å²) in [5.74, 6) is 0.367. The molecule has 0 bridgehead atoms. The molecular formula is C12H12N4O2. The number of carbonyl (C=O) groups excluding carboxylic acids is 1. The van der Waals surface area contributed by atoms with Crippen LogP contribution in [0.25, 0.3) is 5.69 Å². The smallest absolute Gasteiger partial charge is 0.170 e. The normalized spacial score (nSPS) is 13.9. The average Bonchev–Trinajstić information content (AvgIpc) is 2.65. The van der Waals surface area contributed by atoms with Gasteiger partial charge in [-0.1, -0.05) is 17.3 Å². The summed E-state index contributed by atoms with van der Waals surface area (Å²) in [6.07, 6.45) is 0.589. The fourth-order valence-electron chi connectivity index (χ4n) is 2.19. The number of benzene rings is 1. The highest BCUT2D eigenvalue weighted by molar-refractivity contribution is 5.85. The standard InChI is InChI=1S/C12H12N4O2/c13-12-11-5-9(18)4-8-2-1-7(6-17)3-10(8)16(11)15-14-12/h1-3,17H,4-6,13H2. The number of ketones is 1. The zero-order valence-electron chi connectivity index (χ0n) is 9.63. The first kappa shape index (κ1) is 10.9. The molecule has 3 N–H and O–H groups in total. The Bertz CT molecular complexity index is 633. The van der Waals surface area contributed by atoms with Crippen molar-refractivity contribution in [2.45, 2.75) is 19.4 Å². The molecule has 0 aliphatic carbocycles. The van der Waals surface area contributed by atoms with E-state index in [0.29, 0.717) is 12.1 Å². The summed E-state index contributed by atoms with van der Waals surface area (Å²) in [5.41, 5.74) is 8.76. The van der Waals surface area contributed by atoms with Gasteiger partial charge in [-0.15, -0.1) is 5.10 Å². The second kappa shape index (κ2) is 3.92. The molecule has 0 atom stereocenters. The molecule has 0 fully saturated rings. The number of fused-ring (bicyclic) bond motifs is 3.